The van der Waals surface area contributed by atoms with Crippen molar-refractivity contribution in [1.82, 2.24) is 0 Å². The van der Waals surface area contributed by atoms with Gasteiger partial charge in [0, 0.05) is 13.2 Å². The number of nitrogens with zero attached hydrogens (tertiary/aromatic N) is 1. The van der Waals surface area contributed by atoms with Crippen molar-refractivity contribution in [3.63, 3.8) is 0 Å². The molecule has 0 fully saturated rings. The Morgan fingerprint density at radius 1 is 1.38 bits per heavy atom. The third kappa shape index (κ3) is 3.03. The Balaban J connectivity index is 2.78. The highest BCUT2D eigenvalue weighted by Gasteiger charge is 2.19. The number of nitro benzene ring substituents is 1. The number of carbonyl (C=O) groups excluding carboxylic acids is 1. The van der Waals surface area contributed by atoms with Crippen LogP contribution < -0.4 is 0 Å². The minimum absolute atomic E-state index is 0.0522. The average Bonchev–Trinajstić information content (AvgIpc) is 2.29. The highest BCUT2D eigenvalue weighted by Crippen LogP contribution is 2.18. The molecule has 0 aromatic heterocycles. The lowest BCUT2D eigenvalue weighted by atomic mass is 10.2. The fourth-order valence-electron chi connectivity index (χ4n) is 1.10. The Labute approximate surface area is 91.9 Å². The molecule has 0 aliphatic rings. The van der Waals surface area contributed by atoms with Crippen molar-refractivity contribution < 1.29 is 19.2 Å². The Morgan fingerprint density at radius 2 is 2.06 bits per heavy atom. The fraction of sp³-hybridized carbons (Fsp3) is 0.300. The van der Waals surface area contributed by atoms with Gasteiger partial charge in [0.05, 0.1) is 11.5 Å². The molecule has 1 rings (SSSR count). The van der Waals surface area contributed by atoms with Gasteiger partial charge in [-0.15, -0.1) is 0 Å². The number of rotatable bonds is 5. The van der Waals surface area contributed by atoms with Crippen LogP contribution in [0, 0.1) is 10.1 Å². The van der Waals surface area contributed by atoms with Gasteiger partial charge in [-0.3, -0.25) is 10.1 Å². The molecule has 6 heteroatoms. The summed E-state index contributed by atoms with van der Waals surface area (Å²) in [5.41, 5.74) is -0.312. The van der Waals surface area contributed by atoms with Gasteiger partial charge in [0.2, 0.25) is 0 Å². The van der Waals surface area contributed by atoms with Gasteiger partial charge < -0.3 is 9.47 Å². The Hall–Kier alpha value is -1.95. The smallest absolute Gasteiger partial charge is 0.345 e. The summed E-state index contributed by atoms with van der Waals surface area (Å²) in [5.74, 6) is -0.718. The summed E-state index contributed by atoms with van der Waals surface area (Å²) in [4.78, 5) is 21.5. The average molecular weight is 225 g/mol. The van der Waals surface area contributed by atoms with Crippen LogP contribution in [0.25, 0.3) is 0 Å². The van der Waals surface area contributed by atoms with E-state index in [4.69, 9.17) is 9.47 Å². The lowest BCUT2D eigenvalue weighted by Crippen LogP contribution is -2.11. The second-order valence-electron chi connectivity index (χ2n) is 2.90. The molecule has 0 heterocycles. The second-order valence-corrected chi connectivity index (χ2v) is 2.90. The van der Waals surface area contributed by atoms with Gasteiger partial charge >= 0.3 is 5.97 Å². The molecule has 0 bridgehead atoms. The zero-order chi connectivity index (χ0) is 12.0. The van der Waals surface area contributed by atoms with Crippen LogP contribution in [-0.4, -0.2) is 31.2 Å². The highest BCUT2D eigenvalue weighted by molar-refractivity contribution is 5.93. The van der Waals surface area contributed by atoms with Crippen molar-refractivity contribution in [2.75, 3.05) is 20.3 Å². The van der Waals surface area contributed by atoms with Crippen LogP contribution in [0.15, 0.2) is 24.3 Å². The number of hydrogen-bond donors (Lipinski definition) is 0. The van der Waals surface area contributed by atoms with Crippen molar-refractivity contribution in [3.05, 3.63) is 39.9 Å². The normalized spacial score (nSPS) is 9.81. The Morgan fingerprint density at radius 3 is 2.69 bits per heavy atom. The number of benzene rings is 1. The topological polar surface area (TPSA) is 78.7 Å². The first-order valence-electron chi connectivity index (χ1n) is 4.56. The summed E-state index contributed by atoms with van der Waals surface area (Å²) in [5, 5.41) is 10.6. The van der Waals surface area contributed by atoms with Crippen LogP contribution in [0.3, 0.4) is 0 Å². The zero-order valence-corrected chi connectivity index (χ0v) is 8.71. The van der Waals surface area contributed by atoms with Crippen LogP contribution in [-0.2, 0) is 9.47 Å². The molecule has 0 aliphatic heterocycles. The van der Waals surface area contributed by atoms with E-state index in [1.165, 1.54) is 25.3 Å². The quantitative estimate of drug-likeness (QED) is 0.327. The van der Waals surface area contributed by atoms with E-state index in [1.807, 2.05) is 0 Å². The SMILES string of the molecule is COCCOC(=O)c1ccccc1[N+](=O)[O-]. The number of methoxy groups -OCH3 is 1. The molecule has 6 nitrogen and oxygen atoms in total. The van der Waals surface area contributed by atoms with Crippen molar-refractivity contribution in [3.8, 4) is 0 Å². The van der Waals surface area contributed by atoms with Crippen molar-refractivity contribution in [1.29, 1.82) is 0 Å². The minimum Gasteiger partial charge on any atom is -0.459 e. The Kier molecular flexibility index (Phi) is 4.41. The van der Waals surface area contributed by atoms with E-state index in [0.29, 0.717) is 0 Å². The summed E-state index contributed by atoms with van der Waals surface area (Å²) in [6, 6.07) is 5.64. The number of carbonyl (C=O) groups is 1. The van der Waals surface area contributed by atoms with E-state index in [9.17, 15) is 14.9 Å². The first-order valence-corrected chi connectivity index (χ1v) is 4.56. The van der Waals surface area contributed by atoms with Gasteiger partial charge in [0.15, 0.2) is 0 Å². The summed E-state index contributed by atoms with van der Waals surface area (Å²) in [6.07, 6.45) is 0. The lowest BCUT2D eigenvalue weighted by molar-refractivity contribution is -0.385. The summed E-state index contributed by atoms with van der Waals surface area (Å²) in [7, 11) is 1.47. The van der Waals surface area contributed by atoms with E-state index in [0.717, 1.165) is 0 Å². The van der Waals surface area contributed by atoms with Crippen LogP contribution in [0.4, 0.5) is 5.69 Å². The van der Waals surface area contributed by atoms with Crippen molar-refractivity contribution in [2.24, 2.45) is 0 Å². The van der Waals surface area contributed by atoms with Crippen molar-refractivity contribution >= 4 is 11.7 Å². The third-order valence-electron chi connectivity index (χ3n) is 1.84. The molecule has 1 aromatic rings. The lowest BCUT2D eigenvalue weighted by Gasteiger charge is -2.04. The van der Waals surface area contributed by atoms with Crippen LogP contribution >= 0.6 is 0 Å². The van der Waals surface area contributed by atoms with E-state index in [1.54, 1.807) is 6.07 Å². The number of ether oxygens (including phenoxy) is 2. The largest absolute Gasteiger partial charge is 0.459 e. The third-order valence-corrected chi connectivity index (χ3v) is 1.84. The number of hydrogen-bond acceptors (Lipinski definition) is 5. The summed E-state index contributed by atoms with van der Waals surface area (Å²) < 4.78 is 9.49. The molecule has 0 amide bonds. The monoisotopic (exact) mass is 225 g/mol. The van der Waals surface area contributed by atoms with E-state index >= 15 is 0 Å². The summed E-state index contributed by atoms with van der Waals surface area (Å²) >= 11 is 0. The Bertz CT molecular complexity index is 391. The molecule has 0 spiro atoms. The molecule has 0 saturated carbocycles. The molecular weight excluding hydrogens is 214 g/mol. The fourth-order valence-corrected chi connectivity index (χ4v) is 1.10. The van der Waals surface area contributed by atoms with Crippen LogP contribution in [0.1, 0.15) is 10.4 Å². The van der Waals surface area contributed by atoms with Gasteiger partial charge in [-0.1, -0.05) is 12.1 Å². The van der Waals surface area contributed by atoms with Crippen LogP contribution in [0.5, 0.6) is 0 Å². The summed E-state index contributed by atoms with van der Waals surface area (Å²) in [6.45, 7) is 0.327. The van der Waals surface area contributed by atoms with E-state index in [-0.39, 0.29) is 24.5 Å². The minimum atomic E-state index is -0.718. The zero-order valence-electron chi connectivity index (χ0n) is 8.71. The van der Waals surface area contributed by atoms with Gasteiger partial charge in [-0.05, 0) is 6.07 Å². The van der Waals surface area contributed by atoms with Crippen LogP contribution in [0.2, 0.25) is 0 Å². The maximum Gasteiger partial charge on any atom is 0.345 e. The number of para-hydroxylation sites is 1. The molecule has 86 valence electrons. The second kappa shape index (κ2) is 5.82. The molecule has 0 atom stereocenters. The van der Waals surface area contributed by atoms with Gasteiger partial charge in [-0.2, -0.15) is 0 Å². The molecule has 1 aromatic carbocycles. The molecule has 0 radical (unpaired) electrons. The predicted molar refractivity (Wildman–Crippen MR) is 55.3 cm³/mol. The number of nitro groups is 1. The molecule has 0 aliphatic carbocycles. The van der Waals surface area contributed by atoms with Gasteiger partial charge in [0.25, 0.3) is 5.69 Å². The highest BCUT2D eigenvalue weighted by atomic mass is 16.6. The standard InChI is InChI=1S/C10H11NO5/c1-15-6-7-16-10(12)8-4-2-3-5-9(8)11(13)14/h2-5H,6-7H2,1H3. The first kappa shape index (κ1) is 12.1. The van der Waals surface area contributed by atoms with Gasteiger partial charge in [-0.25, -0.2) is 4.79 Å². The molecule has 0 saturated heterocycles. The maximum atomic E-state index is 11.5. The molecule has 16 heavy (non-hydrogen) atoms. The molecule has 0 N–H and O–H groups in total. The van der Waals surface area contributed by atoms with E-state index < -0.39 is 10.9 Å². The number of esters is 1. The first-order chi connectivity index (χ1) is 7.66. The predicted octanol–water partition coefficient (Wildman–Crippen LogP) is 1.40. The maximum absolute atomic E-state index is 11.5. The van der Waals surface area contributed by atoms with E-state index in [2.05, 4.69) is 0 Å². The molecular formula is C10H11NO5. The molecule has 0 unspecified atom stereocenters. The van der Waals surface area contributed by atoms with Crippen molar-refractivity contribution in [2.45, 2.75) is 0 Å². The van der Waals surface area contributed by atoms with Gasteiger partial charge in [0.1, 0.15) is 12.2 Å².